The van der Waals surface area contributed by atoms with E-state index in [4.69, 9.17) is 5.73 Å². The zero-order valence-electron chi connectivity index (χ0n) is 15.2. The number of β-lactam (4-membered cyclic amide) rings is 1. The molecule has 2 aromatic rings. The monoisotopic (exact) mass is 385 g/mol. The van der Waals surface area contributed by atoms with Crippen molar-refractivity contribution in [2.75, 3.05) is 5.73 Å². The second kappa shape index (κ2) is 7.75. The highest BCUT2D eigenvalue weighted by atomic mass is 19.1. The zero-order chi connectivity index (χ0) is 20.4. The van der Waals surface area contributed by atoms with Gasteiger partial charge in [0.25, 0.3) is 0 Å². The highest BCUT2D eigenvalue weighted by molar-refractivity contribution is 6.08. The highest BCUT2D eigenvalue weighted by Crippen LogP contribution is 2.33. The summed E-state index contributed by atoms with van der Waals surface area (Å²) in [6.07, 6.45) is 1.60. The van der Waals surface area contributed by atoms with Crippen LogP contribution in [0.5, 0.6) is 0 Å². The molecule has 1 aliphatic rings. The van der Waals surface area contributed by atoms with Crippen LogP contribution < -0.4 is 5.73 Å². The van der Waals surface area contributed by atoms with Crippen LogP contribution in [0.3, 0.4) is 0 Å². The molecule has 7 nitrogen and oxygen atoms in total. The minimum absolute atomic E-state index is 0.0456. The van der Waals surface area contributed by atoms with Gasteiger partial charge in [-0.15, -0.1) is 0 Å². The largest absolute Gasteiger partial charge is 0.480 e. The lowest BCUT2D eigenvalue weighted by molar-refractivity contribution is -0.177. The molecule has 0 radical (unpaired) electrons. The Balaban J connectivity index is 1.70. The molecule has 8 heteroatoms. The summed E-state index contributed by atoms with van der Waals surface area (Å²) in [5, 5.41) is 9.53. The van der Waals surface area contributed by atoms with E-state index >= 15 is 0 Å². The Morgan fingerprint density at radius 2 is 1.96 bits per heavy atom. The van der Waals surface area contributed by atoms with Gasteiger partial charge < -0.3 is 10.8 Å². The Morgan fingerprint density at radius 1 is 1.29 bits per heavy atom. The van der Waals surface area contributed by atoms with Crippen molar-refractivity contribution in [2.24, 2.45) is 5.92 Å². The van der Waals surface area contributed by atoms with Gasteiger partial charge in [-0.3, -0.25) is 14.5 Å². The molecule has 3 atom stereocenters. The fourth-order valence-electron chi connectivity index (χ4n) is 3.45. The fraction of sp³-hybridized carbons (Fsp3) is 0.300. The Morgan fingerprint density at radius 3 is 2.57 bits per heavy atom. The summed E-state index contributed by atoms with van der Waals surface area (Å²) in [6.45, 7) is 1.77. The van der Waals surface area contributed by atoms with E-state index in [1.54, 1.807) is 31.2 Å². The Labute approximate surface area is 161 Å². The number of halogens is 1. The number of pyridine rings is 1. The maximum atomic E-state index is 13.0. The van der Waals surface area contributed by atoms with Gasteiger partial charge in [0, 0.05) is 12.6 Å². The number of carbonyl (C=O) groups excluding carboxylic acids is 2. The molecule has 146 valence electrons. The van der Waals surface area contributed by atoms with Gasteiger partial charge in [-0.25, -0.2) is 14.2 Å². The number of carboxylic acids is 1. The number of nitrogen functional groups attached to an aromatic ring is 1. The first-order valence-electron chi connectivity index (χ1n) is 8.82. The Kier molecular flexibility index (Phi) is 5.39. The van der Waals surface area contributed by atoms with Crippen LogP contribution in [0, 0.1) is 11.7 Å². The standard InChI is InChI=1S/C20H20FN3O4/c1-11(13-2-4-14(21)5-3-13)8-17(25)24-18(20(27)28)15(19(24)26)9-12-6-7-23-16(22)10-12/h2-7,10-11,15,18H,8-9H2,1H3,(H2,22,23)(H,27,28)/t11-,15+,18-/m0/s1. The number of imide groups is 1. The lowest BCUT2D eigenvalue weighted by Gasteiger charge is -2.43. The third kappa shape index (κ3) is 3.85. The number of carboxylic acid groups (broad SMARTS) is 1. The van der Waals surface area contributed by atoms with Crippen LogP contribution in [-0.2, 0) is 20.8 Å². The van der Waals surface area contributed by atoms with Crippen LogP contribution in [0.4, 0.5) is 10.2 Å². The molecule has 0 unspecified atom stereocenters. The number of amides is 2. The number of aliphatic carboxylic acids is 1. The first-order valence-corrected chi connectivity index (χ1v) is 8.82. The summed E-state index contributed by atoms with van der Waals surface area (Å²) in [6, 6.07) is 7.74. The number of benzene rings is 1. The molecule has 1 fully saturated rings. The van der Waals surface area contributed by atoms with Crippen molar-refractivity contribution in [2.45, 2.75) is 31.7 Å². The molecule has 2 heterocycles. The second-order valence-corrected chi connectivity index (χ2v) is 6.94. The van der Waals surface area contributed by atoms with Crippen LogP contribution in [0.2, 0.25) is 0 Å². The van der Waals surface area contributed by atoms with Crippen molar-refractivity contribution in [3.63, 3.8) is 0 Å². The van der Waals surface area contributed by atoms with Crippen LogP contribution in [0.1, 0.15) is 30.4 Å². The Bertz CT molecular complexity index is 916. The van der Waals surface area contributed by atoms with Gasteiger partial charge in [0.05, 0.1) is 5.92 Å². The highest BCUT2D eigenvalue weighted by Gasteiger charge is 2.54. The summed E-state index contributed by atoms with van der Waals surface area (Å²) < 4.78 is 13.0. The van der Waals surface area contributed by atoms with Gasteiger partial charge in [-0.1, -0.05) is 19.1 Å². The van der Waals surface area contributed by atoms with Crippen molar-refractivity contribution < 1.29 is 23.9 Å². The van der Waals surface area contributed by atoms with E-state index in [2.05, 4.69) is 4.98 Å². The number of nitrogens with two attached hydrogens (primary N) is 1. The van der Waals surface area contributed by atoms with Gasteiger partial charge in [-0.05, 0) is 47.7 Å². The average Bonchev–Trinajstić information content (AvgIpc) is 2.63. The molecule has 0 saturated carbocycles. The number of anilines is 1. The first kappa shape index (κ1) is 19.5. The minimum atomic E-state index is -1.23. The number of hydrogen-bond acceptors (Lipinski definition) is 5. The second-order valence-electron chi connectivity index (χ2n) is 6.94. The summed E-state index contributed by atoms with van der Waals surface area (Å²) in [5.41, 5.74) is 7.04. The summed E-state index contributed by atoms with van der Waals surface area (Å²) >= 11 is 0. The summed E-state index contributed by atoms with van der Waals surface area (Å²) in [5.74, 6) is -3.52. The van der Waals surface area contributed by atoms with Crippen molar-refractivity contribution >= 4 is 23.6 Å². The van der Waals surface area contributed by atoms with Gasteiger partial charge in [0.2, 0.25) is 11.8 Å². The predicted molar refractivity (Wildman–Crippen MR) is 98.6 cm³/mol. The number of hydrogen-bond donors (Lipinski definition) is 2. The van der Waals surface area contributed by atoms with Gasteiger partial charge in [-0.2, -0.15) is 0 Å². The quantitative estimate of drug-likeness (QED) is 0.735. The molecule has 3 N–H and O–H groups in total. The molecule has 1 aliphatic heterocycles. The number of rotatable bonds is 6. The van der Waals surface area contributed by atoms with Crippen LogP contribution >= 0.6 is 0 Å². The van der Waals surface area contributed by atoms with Gasteiger partial charge in [0.1, 0.15) is 17.7 Å². The average molecular weight is 385 g/mol. The zero-order valence-corrected chi connectivity index (χ0v) is 15.2. The molecule has 0 bridgehead atoms. The first-order chi connectivity index (χ1) is 13.3. The molecule has 2 amide bonds. The van der Waals surface area contributed by atoms with Crippen LogP contribution in [-0.4, -0.2) is 38.8 Å². The van der Waals surface area contributed by atoms with E-state index in [-0.39, 0.29) is 30.4 Å². The summed E-state index contributed by atoms with van der Waals surface area (Å²) in [7, 11) is 0. The molecule has 3 rings (SSSR count). The maximum absolute atomic E-state index is 13.0. The molecule has 28 heavy (non-hydrogen) atoms. The molecule has 0 aliphatic carbocycles. The lowest BCUT2D eigenvalue weighted by atomic mass is 9.81. The van der Waals surface area contributed by atoms with E-state index in [0.717, 1.165) is 10.5 Å². The van der Waals surface area contributed by atoms with Crippen molar-refractivity contribution in [3.8, 4) is 0 Å². The van der Waals surface area contributed by atoms with E-state index in [1.807, 2.05) is 0 Å². The number of likely N-dealkylation sites (tertiary alicyclic amines) is 1. The van der Waals surface area contributed by atoms with Crippen LogP contribution in [0.25, 0.3) is 0 Å². The predicted octanol–water partition coefficient (Wildman–Crippen LogP) is 1.98. The summed E-state index contributed by atoms with van der Waals surface area (Å²) in [4.78, 5) is 41.5. The molecular weight excluding hydrogens is 365 g/mol. The smallest absolute Gasteiger partial charge is 0.327 e. The van der Waals surface area contributed by atoms with Crippen LogP contribution in [0.15, 0.2) is 42.6 Å². The van der Waals surface area contributed by atoms with Gasteiger partial charge in [0.15, 0.2) is 0 Å². The van der Waals surface area contributed by atoms with E-state index in [9.17, 15) is 23.9 Å². The van der Waals surface area contributed by atoms with Crippen molar-refractivity contribution in [1.29, 1.82) is 0 Å². The third-order valence-corrected chi connectivity index (χ3v) is 4.96. The van der Waals surface area contributed by atoms with Crippen molar-refractivity contribution in [1.82, 2.24) is 9.88 Å². The number of nitrogens with zero attached hydrogens (tertiary/aromatic N) is 2. The topological polar surface area (TPSA) is 114 Å². The van der Waals surface area contributed by atoms with Crippen molar-refractivity contribution in [3.05, 3.63) is 59.5 Å². The lowest BCUT2D eigenvalue weighted by Crippen LogP contribution is -2.66. The Hall–Kier alpha value is -3.29. The normalized spacial score (nSPS) is 19.8. The van der Waals surface area contributed by atoms with E-state index < -0.39 is 29.7 Å². The van der Waals surface area contributed by atoms with E-state index in [0.29, 0.717) is 5.56 Å². The molecule has 1 saturated heterocycles. The third-order valence-electron chi connectivity index (χ3n) is 4.96. The van der Waals surface area contributed by atoms with E-state index in [1.165, 1.54) is 18.3 Å². The molecule has 0 spiro atoms. The molecule has 1 aromatic carbocycles. The number of carbonyl (C=O) groups is 3. The SMILES string of the molecule is C[C@@H](CC(=O)N1C(=O)[C@H](Cc2ccnc(N)c2)[C@H]1C(=O)O)c1ccc(F)cc1. The minimum Gasteiger partial charge on any atom is -0.480 e. The maximum Gasteiger partial charge on any atom is 0.327 e. The number of aromatic nitrogens is 1. The van der Waals surface area contributed by atoms with Gasteiger partial charge >= 0.3 is 5.97 Å². The fourth-order valence-corrected chi connectivity index (χ4v) is 3.45. The molecule has 1 aromatic heterocycles. The molecular formula is C20H20FN3O4.